The second-order valence-electron chi connectivity index (χ2n) is 4.75. The molecule has 1 amide bonds. The molecule has 8 heteroatoms. The average Bonchev–Trinajstić information content (AvgIpc) is 2.52. The molecule has 1 aromatic carbocycles. The summed E-state index contributed by atoms with van der Waals surface area (Å²) in [6.07, 6.45) is 0. The summed E-state index contributed by atoms with van der Waals surface area (Å²) >= 11 is 0. The molecule has 0 aromatic heterocycles. The normalized spacial score (nSPS) is 11.5. The van der Waals surface area contributed by atoms with Crippen LogP contribution < -0.4 is 4.74 Å². The van der Waals surface area contributed by atoms with Crippen molar-refractivity contribution in [3.63, 3.8) is 0 Å². The Hall–Kier alpha value is -2.64. The summed E-state index contributed by atoms with van der Waals surface area (Å²) in [5, 5.41) is 11.0. The van der Waals surface area contributed by atoms with E-state index in [1.54, 1.807) is 6.92 Å². The molecule has 0 N–H and O–H groups in total. The van der Waals surface area contributed by atoms with Crippen LogP contribution in [0.4, 0.5) is 5.69 Å². The topological polar surface area (TPSA) is 99.0 Å². The zero-order valence-corrected chi connectivity index (χ0v) is 12.9. The third-order valence-electron chi connectivity index (χ3n) is 3.12. The number of hydrogen-bond acceptors (Lipinski definition) is 6. The van der Waals surface area contributed by atoms with Gasteiger partial charge in [0.2, 0.25) is 0 Å². The Balaban J connectivity index is 2.95. The predicted octanol–water partition coefficient (Wildman–Crippen LogP) is 1.48. The van der Waals surface area contributed by atoms with Crippen LogP contribution in [0.15, 0.2) is 18.2 Å². The minimum Gasteiger partial charge on any atom is -0.490 e. The number of carbonyl (C=O) groups excluding carboxylic acids is 2. The SMILES string of the molecule is COC(=O)[C@@H](C)CN(C)C(=O)c1ccc(OC)c([N+](=O)[O-])c1. The molecule has 1 atom stereocenters. The number of esters is 1. The van der Waals surface area contributed by atoms with E-state index in [-0.39, 0.29) is 23.5 Å². The van der Waals surface area contributed by atoms with E-state index in [4.69, 9.17) is 4.74 Å². The largest absolute Gasteiger partial charge is 0.490 e. The van der Waals surface area contributed by atoms with E-state index in [1.165, 1.54) is 38.3 Å². The van der Waals surface area contributed by atoms with Crippen LogP contribution in [0, 0.1) is 16.0 Å². The van der Waals surface area contributed by atoms with Crippen LogP contribution in [0.2, 0.25) is 0 Å². The number of nitro benzene ring substituents is 1. The number of benzene rings is 1. The first-order valence-electron chi connectivity index (χ1n) is 6.47. The molecular weight excluding hydrogens is 292 g/mol. The van der Waals surface area contributed by atoms with Gasteiger partial charge in [-0.3, -0.25) is 19.7 Å². The van der Waals surface area contributed by atoms with Crippen LogP contribution in [-0.2, 0) is 9.53 Å². The van der Waals surface area contributed by atoms with E-state index in [2.05, 4.69) is 4.74 Å². The Morgan fingerprint density at radius 2 is 2.00 bits per heavy atom. The average molecular weight is 310 g/mol. The summed E-state index contributed by atoms with van der Waals surface area (Å²) in [7, 11) is 4.10. The molecule has 0 saturated carbocycles. The van der Waals surface area contributed by atoms with Crippen molar-refractivity contribution in [2.45, 2.75) is 6.92 Å². The van der Waals surface area contributed by atoms with Crippen molar-refractivity contribution in [3.8, 4) is 5.75 Å². The Labute approximate surface area is 127 Å². The van der Waals surface area contributed by atoms with Gasteiger partial charge in [0.05, 0.1) is 25.1 Å². The highest BCUT2D eigenvalue weighted by molar-refractivity contribution is 5.95. The highest BCUT2D eigenvalue weighted by Gasteiger charge is 2.23. The van der Waals surface area contributed by atoms with Crippen molar-refractivity contribution >= 4 is 17.6 Å². The minimum atomic E-state index is -0.618. The number of rotatable bonds is 6. The number of carbonyl (C=O) groups is 2. The van der Waals surface area contributed by atoms with Gasteiger partial charge in [-0.05, 0) is 12.1 Å². The smallest absolute Gasteiger partial charge is 0.311 e. The molecule has 22 heavy (non-hydrogen) atoms. The second-order valence-corrected chi connectivity index (χ2v) is 4.75. The molecule has 0 unspecified atom stereocenters. The van der Waals surface area contributed by atoms with Gasteiger partial charge in [0.15, 0.2) is 5.75 Å². The lowest BCUT2D eigenvalue weighted by atomic mass is 10.1. The molecular formula is C14H18N2O6. The van der Waals surface area contributed by atoms with Crippen LogP contribution in [-0.4, -0.2) is 49.5 Å². The second kappa shape index (κ2) is 7.39. The van der Waals surface area contributed by atoms with E-state index < -0.39 is 22.7 Å². The monoisotopic (exact) mass is 310 g/mol. The highest BCUT2D eigenvalue weighted by Crippen LogP contribution is 2.27. The van der Waals surface area contributed by atoms with Crippen LogP contribution in [0.3, 0.4) is 0 Å². The molecule has 1 aromatic rings. The molecule has 0 spiro atoms. The maximum absolute atomic E-state index is 12.3. The molecule has 0 aliphatic heterocycles. The van der Waals surface area contributed by atoms with E-state index in [1.807, 2.05) is 0 Å². The van der Waals surface area contributed by atoms with Gasteiger partial charge in [-0.1, -0.05) is 6.92 Å². The van der Waals surface area contributed by atoms with E-state index in [9.17, 15) is 19.7 Å². The summed E-state index contributed by atoms with van der Waals surface area (Å²) in [5.74, 6) is -1.28. The molecule has 0 aliphatic rings. The quantitative estimate of drug-likeness (QED) is 0.448. The zero-order valence-electron chi connectivity index (χ0n) is 12.9. The molecule has 0 bridgehead atoms. The van der Waals surface area contributed by atoms with Crippen molar-refractivity contribution in [2.24, 2.45) is 5.92 Å². The molecule has 0 heterocycles. The molecule has 8 nitrogen and oxygen atoms in total. The third kappa shape index (κ3) is 3.94. The van der Waals surface area contributed by atoms with Crippen molar-refractivity contribution in [3.05, 3.63) is 33.9 Å². The lowest BCUT2D eigenvalue weighted by Crippen LogP contribution is -2.34. The van der Waals surface area contributed by atoms with Crippen LogP contribution in [0.1, 0.15) is 17.3 Å². The number of amides is 1. The molecule has 120 valence electrons. The fraction of sp³-hybridized carbons (Fsp3) is 0.429. The van der Waals surface area contributed by atoms with E-state index in [0.717, 1.165) is 6.07 Å². The standard InChI is InChI=1S/C14H18N2O6/c1-9(14(18)22-4)8-15(2)13(17)10-5-6-12(21-3)11(7-10)16(19)20/h5-7,9H,8H2,1-4H3/t9-/m0/s1. The first-order valence-corrected chi connectivity index (χ1v) is 6.47. The Morgan fingerprint density at radius 1 is 1.36 bits per heavy atom. The first-order chi connectivity index (χ1) is 10.3. The number of nitro groups is 1. The van der Waals surface area contributed by atoms with Crippen LogP contribution in [0.25, 0.3) is 0 Å². The van der Waals surface area contributed by atoms with Crippen molar-refractivity contribution in [2.75, 3.05) is 27.8 Å². The molecule has 0 saturated heterocycles. The van der Waals surface area contributed by atoms with Crippen molar-refractivity contribution in [1.82, 2.24) is 4.90 Å². The van der Waals surface area contributed by atoms with Gasteiger partial charge in [0, 0.05) is 25.2 Å². The van der Waals surface area contributed by atoms with Gasteiger partial charge in [0.1, 0.15) is 0 Å². The van der Waals surface area contributed by atoms with Crippen molar-refractivity contribution < 1.29 is 24.0 Å². The summed E-state index contributed by atoms with van der Waals surface area (Å²) in [5.41, 5.74) is -0.144. The maximum Gasteiger partial charge on any atom is 0.311 e. The fourth-order valence-corrected chi connectivity index (χ4v) is 1.96. The van der Waals surface area contributed by atoms with Gasteiger partial charge >= 0.3 is 11.7 Å². The lowest BCUT2D eigenvalue weighted by Gasteiger charge is -2.20. The Kier molecular flexibility index (Phi) is 5.85. The highest BCUT2D eigenvalue weighted by atomic mass is 16.6. The molecule has 1 rings (SSSR count). The van der Waals surface area contributed by atoms with Gasteiger partial charge in [-0.2, -0.15) is 0 Å². The zero-order chi connectivity index (χ0) is 16.9. The van der Waals surface area contributed by atoms with Gasteiger partial charge in [-0.15, -0.1) is 0 Å². The summed E-state index contributed by atoms with van der Waals surface area (Å²) in [6.45, 7) is 1.78. The third-order valence-corrected chi connectivity index (χ3v) is 3.12. The molecule has 0 radical (unpaired) electrons. The number of hydrogen-bond donors (Lipinski definition) is 0. The van der Waals surface area contributed by atoms with E-state index >= 15 is 0 Å². The summed E-state index contributed by atoms with van der Waals surface area (Å²) < 4.78 is 9.48. The summed E-state index contributed by atoms with van der Waals surface area (Å²) in [4.78, 5) is 35.3. The molecule has 0 fully saturated rings. The Bertz CT molecular complexity index is 587. The van der Waals surface area contributed by atoms with Gasteiger partial charge in [-0.25, -0.2) is 0 Å². The first kappa shape index (κ1) is 17.4. The lowest BCUT2D eigenvalue weighted by molar-refractivity contribution is -0.385. The van der Waals surface area contributed by atoms with Gasteiger partial charge in [0.25, 0.3) is 5.91 Å². The fourth-order valence-electron chi connectivity index (χ4n) is 1.96. The van der Waals surface area contributed by atoms with E-state index in [0.29, 0.717) is 0 Å². The number of methoxy groups -OCH3 is 2. The van der Waals surface area contributed by atoms with Crippen LogP contribution >= 0.6 is 0 Å². The maximum atomic E-state index is 12.3. The number of nitrogens with zero attached hydrogens (tertiary/aromatic N) is 2. The number of ether oxygens (including phenoxy) is 2. The molecule has 0 aliphatic carbocycles. The predicted molar refractivity (Wildman–Crippen MR) is 77.8 cm³/mol. The summed E-state index contributed by atoms with van der Waals surface area (Å²) in [6, 6.07) is 3.96. The van der Waals surface area contributed by atoms with Crippen molar-refractivity contribution in [1.29, 1.82) is 0 Å². The minimum absolute atomic E-state index is 0.0760. The Morgan fingerprint density at radius 3 is 2.50 bits per heavy atom. The van der Waals surface area contributed by atoms with Crippen LogP contribution in [0.5, 0.6) is 5.75 Å². The van der Waals surface area contributed by atoms with Gasteiger partial charge < -0.3 is 14.4 Å².